The highest BCUT2D eigenvalue weighted by Crippen LogP contribution is 2.23. The summed E-state index contributed by atoms with van der Waals surface area (Å²) in [5, 5.41) is 18.7. The molecular formula is C9H17ClN2O2. The largest absolute Gasteiger partial charge is 0.510 e. The number of halogens is 1. The van der Waals surface area contributed by atoms with Gasteiger partial charge in [-0.15, -0.1) is 12.4 Å². The van der Waals surface area contributed by atoms with Crippen LogP contribution in [0.1, 0.15) is 6.92 Å². The van der Waals surface area contributed by atoms with Crippen LogP contribution in [-0.4, -0.2) is 41.4 Å². The molecule has 1 aliphatic heterocycles. The summed E-state index contributed by atoms with van der Waals surface area (Å²) in [6, 6.07) is -0.0613. The minimum atomic E-state index is -0.0896. The minimum Gasteiger partial charge on any atom is -0.510 e. The molecule has 1 rings (SSSR count). The van der Waals surface area contributed by atoms with Gasteiger partial charge in [0.1, 0.15) is 5.76 Å². The molecular weight excluding hydrogens is 204 g/mol. The van der Waals surface area contributed by atoms with E-state index >= 15 is 0 Å². The lowest BCUT2D eigenvalue weighted by Crippen LogP contribution is -2.33. The van der Waals surface area contributed by atoms with Gasteiger partial charge in [-0.25, -0.2) is 0 Å². The molecule has 0 fully saturated rings. The molecule has 82 valence electrons. The van der Waals surface area contributed by atoms with Crippen LogP contribution in [-0.2, 0) is 0 Å². The normalized spacial score (nSPS) is 21.9. The topological polar surface area (TPSA) is 69.7 Å². The Kier molecular flexibility index (Phi) is 4.97. The third kappa shape index (κ3) is 2.20. The van der Waals surface area contributed by atoms with Gasteiger partial charge in [0, 0.05) is 30.9 Å². The highest BCUT2D eigenvalue weighted by molar-refractivity contribution is 5.85. The number of rotatable bonds is 2. The maximum absolute atomic E-state index is 9.72. The summed E-state index contributed by atoms with van der Waals surface area (Å²) in [4.78, 5) is 1.85. The Hall–Kier alpha value is -0.710. The van der Waals surface area contributed by atoms with E-state index in [1.54, 1.807) is 0 Å². The summed E-state index contributed by atoms with van der Waals surface area (Å²) >= 11 is 0. The zero-order valence-electron chi connectivity index (χ0n) is 8.40. The molecule has 1 atom stereocenters. The Bertz CT molecular complexity index is 264. The van der Waals surface area contributed by atoms with Crippen LogP contribution in [0.25, 0.3) is 0 Å². The van der Waals surface area contributed by atoms with Crippen LogP contribution in [0, 0.1) is 0 Å². The van der Waals surface area contributed by atoms with Gasteiger partial charge in [0.25, 0.3) is 0 Å². The second-order valence-corrected chi connectivity index (χ2v) is 3.22. The molecule has 0 saturated carbocycles. The van der Waals surface area contributed by atoms with Crippen molar-refractivity contribution in [3.8, 4) is 0 Å². The van der Waals surface area contributed by atoms with Gasteiger partial charge in [-0.3, -0.25) is 0 Å². The van der Waals surface area contributed by atoms with Crippen molar-refractivity contribution in [2.24, 2.45) is 5.73 Å². The molecule has 0 saturated heterocycles. The minimum absolute atomic E-state index is 0. The Morgan fingerprint density at radius 3 is 2.57 bits per heavy atom. The number of hydrogen-bond acceptors (Lipinski definition) is 4. The highest BCUT2D eigenvalue weighted by atomic mass is 35.5. The van der Waals surface area contributed by atoms with E-state index in [4.69, 9.17) is 10.8 Å². The first-order chi connectivity index (χ1) is 6.11. The lowest BCUT2D eigenvalue weighted by atomic mass is 9.99. The molecule has 1 aliphatic rings. The van der Waals surface area contributed by atoms with Gasteiger partial charge in [-0.2, -0.15) is 0 Å². The van der Waals surface area contributed by atoms with E-state index in [9.17, 15) is 5.11 Å². The van der Waals surface area contributed by atoms with Crippen molar-refractivity contribution >= 4 is 12.4 Å². The molecule has 5 heteroatoms. The fraction of sp³-hybridized carbons (Fsp3) is 0.556. The van der Waals surface area contributed by atoms with E-state index in [2.05, 4.69) is 0 Å². The second kappa shape index (κ2) is 5.24. The molecule has 0 aromatic carbocycles. The van der Waals surface area contributed by atoms with E-state index in [1.807, 2.05) is 25.1 Å². The summed E-state index contributed by atoms with van der Waals surface area (Å²) < 4.78 is 0. The van der Waals surface area contributed by atoms with Crippen molar-refractivity contribution in [3.63, 3.8) is 0 Å². The molecule has 0 aromatic rings. The Balaban J connectivity index is 0.00000169. The molecule has 0 spiro atoms. The van der Waals surface area contributed by atoms with Gasteiger partial charge in [0.2, 0.25) is 0 Å². The standard InChI is InChI=1S/C9H16N2O2.ClH/c1-6-9(13)8(3-10)7(5-12)4-11(6)2;/h4,6,12-13H,3,5,10H2,1-2H3;1H. The van der Waals surface area contributed by atoms with Crippen molar-refractivity contribution in [1.29, 1.82) is 0 Å². The quantitative estimate of drug-likeness (QED) is 0.630. The maximum atomic E-state index is 9.72. The lowest BCUT2D eigenvalue weighted by Gasteiger charge is -2.30. The third-order valence-corrected chi connectivity index (χ3v) is 2.44. The van der Waals surface area contributed by atoms with E-state index in [-0.39, 0.29) is 37.4 Å². The molecule has 1 unspecified atom stereocenters. The number of hydrogen-bond donors (Lipinski definition) is 3. The number of likely N-dealkylation sites (N-methyl/N-ethyl adjacent to an activating group) is 1. The summed E-state index contributed by atoms with van der Waals surface area (Å²) in [6.07, 6.45) is 1.81. The maximum Gasteiger partial charge on any atom is 0.119 e. The van der Waals surface area contributed by atoms with E-state index in [0.717, 1.165) is 0 Å². The van der Waals surface area contributed by atoms with Crippen molar-refractivity contribution in [3.05, 3.63) is 23.1 Å². The van der Waals surface area contributed by atoms with Crippen molar-refractivity contribution in [1.82, 2.24) is 4.90 Å². The highest BCUT2D eigenvalue weighted by Gasteiger charge is 2.22. The van der Waals surface area contributed by atoms with E-state index in [0.29, 0.717) is 11.1 Å². The molecule has 1 heterocycles. The first-order valence-electron chi connectivity index (χ1n) is 4.27. The fourth-order valence-corrected chi connectivity index (χ4v) is 1.42. The predicted molar refractivity (Wildman–Crippen MR) is 58.4 cm³/mol. The first kappa shape index (κ1) is 13.3. The SMILES string of the molecule is CC1C(O)=C(CN)C(CO)=CN1C.Cl. The molecule has 0 bridgehead atoms. The van der Waals surface area contributed by atoms with Crippen LogP contribution in [0.2, 0.25) is 0 Å². The van der Waals surface area contributed by atoms with Gasteiger partial charge in [0.05, 0.1) is 12.6 Å². The van der Waals surface area contributed by atoms with Crippen LogP contribution < -0.4 is 5.73 Å². The number of nitrogens with two attached hydrogens (primary N) is 1. The molecule has 0 aromatic heterocycles. The van der Waals surface area contributed by atoms with Crippen LogP contribution in [0.15, 0.2) is 23.1 Å². The average molecular weight is 221 g/mol. The van der Waals surface area contributed by atoms with Crippen LogP contribution in [0.4, 0.5) is 0 Å². The zero-order valence-corrected chi connectivity index (χ0v) is 9.21. The Labute approximate surface area is 90.1 Å². The molecule has 4 N–H and O–H groups in total. The Morgan fingerprint density at radius 1 is 1.57 bits per heavy atom. The van der Waals surface area contributed by atoms with Crippen molar-refractivity contribution in [2.75, 3.05) is 20.2 Å². The number of nitrogens with zero attached hydrogens (tertiary/aromatic N) is 1. The zero-order chi connectivity index (χ0) is 10.0. The van der Waals surface area contributed by atoms with E-state index in [1.165, 1.54) is 0 Å². The number of aliphatic hydroxyl groups excluding tert-OH is 2. The lowest BCUT2D eigenvalue weighted by molar-refractivity contribution is 0.253. The Morgan fingerprint density at radius 2 is 2.14 bits per heavy atom. The molecule has 14 heavy (non-hydrogen) atoms. The second-order valence-electron chi connectivity index (χ2n) is 3.22. The van der Waals surface area contributed by atoms with E-state index < -0.39 is 0 Å². The van der Waals surface area contributed by atoms with Gasteiger partial charge in [-0.1, -0.05) is 0 Å². The van der Waals surface area contributed by atoms with Gasteiger partial charge < -0.3 is 20.8 Å². The summed E-state index contributed by atoms with van der Waals surface area (Å²) in [5.41, 5.74) is 6.83. The molecule has 0 radical (unpaired) electrons. The first-order valence-corrected chi connectivity index (χ1v) is 4.27. The third-order valence-electron chi connectivity index (χ3n) is 2.44. The van der Waals surface area contributed by atoms with Gasteiger partial charge in [0.15, 0.2) is 0 Å². The van der Waals surface area contributed by atoms with Crippen LogP contribution >= 0.6 is 12.4 Å². The smallest absolute Gasteiger partial charge is 0.119 e. The van der Waals surface area contributed by atoms with Crippen molar-refractivity contribution in [2.45, 2.75) is 13.0 Å². The summed E-state index contributed by atoms with van der Waals surface area (Å²) in [7, 11) is 1.85. The van der Waals surface area contributed by atoms with Crippen LogP contribution in [0.5, 0.6) is 0 Å². The fourth-order valence-electron chi connectivity index (χ4n) is 1.42. The predicted octanol–water partition coefficient (Wildman–Crippen LogP) is 0.389. The summed E-state index contributed by atoms with van der Waals surface area (Å²) in [5.74, 6) is 0.261. The van der Waals surface area contributed by atoms with Crippen molar-refractivity contribution < 1.29 is 10.2 Å². The monoisotopic (exact) mass is 220 g/mol. The molecule has 4 nitrogen and oxygen atoms in total. The van der Waals surface area contributed by atoms with Gasteiger partial charge in [-0.05, 0) is 6.92 Å². The van der Waals surface area contributed by atoms with Crippen LogP contribution in [0.3, 0.4) is 0 Å². The molecule has 0 aliphatic carbocycles. The number of aliphatic hydroxyl groups is 2. The summed E-state index contributed by atoms with van der Waals surface area (Å²) in [6.45, 7) is 2.06. The average Bonchev–Trinajstić information content (AvgIpc) is 2.13. The van der Waals surface area contributed by atoms with Gasteiger partial charge >= 0.3 is 0 Å². The molecule has 0 amide bonds.